The minimum absolute atomic E-state index is 0.0653. The van der Waals surface area contributed by atoms with E-state index in [4.69, 9.17) is 0 Å². The standard InChI is InChI=1S/C22H27N5O2/c1-3-12-26-19(15-21(28)27-20(26)8-11-23-27)17-9-13-25(14-10-17)22(29)24-18-6-4-16(2)5-7-18/h4-8,11,15,17H,3,9-10,12-14H2,1-2H3,(H,24,29). The van der Waals surface area contributed by atoms with Gasteiger partial charge in [-0.3, -0.25) is 4.79 Å². The molecule has 4 rings (SSSR count). The number of nitrogens with one attached hydrogen (secondary N) is 1. The first kappa shape index (κ1) is 19.2. The van der Waals surface area contributed by atoms with Crippen molar-refractivity contribution in [1.29, 1.82) is 0 Å². The van der Waals surface area contributed by atoms with E-state index in [0.717, 1.165) is 48.4 Å². The number of hydrogen-bond acceptors (Lipinski definition) is 3. The van der Waals surface area contributed by atoms with E-state index in [0.29, 0.717) is 13.1 Å². The van der Waals surface area contributed by atoms with Gasteiger partial charge in [0.05, 0.1) is 6.20 Å². The fourth-order valence-corrected chi connectivity index (χ4v) is 4.09. The predicted octanol–water partition coefficient (Wildman–Crippen LogP) is 3.63. The van der Waals surface area contributed by atoms with E-state index < -0.39 is 0 Å². The van der Waals surface area contributed by atoms with Crippen molar-refractivity contribution in [3.8, 4) is 0 Å². The van der Waals surface area contributed by atoms with Crippen LogP contribution in [0.1, 0.15) is 43.4 Å². The number of nitrogens with zero attached hydrogens (tertiary/aromatic N) is 4. The number of aromatic nitrogens is 3. The molecule has 0 spiro atoms. The van der Waals surface area contributed by atoms with Gasteiger partial charge in [-0.1, -0.05) is 24.6 Å². The normalized spacial score (nSPS) is 15.0. The zero-order valence-electron chi connectivity index (χ0n) is 17.0. The Bertz CT molecular complexity index is 1060. The van der Waals surface area contributed by atoms with Crippen molar-refractivity contribution < 1.29 is 4.79 Å². The molecule has 2 amide bonds. The molecule has 1 aliphatic rings. The second kappa shape index (κ2) is 8.11. The third-order valence-electron chi connectivity index (χ3n) is 5.64. The van der Waals surface area contributed by atoms with Crippen LogP contribution in [0.25, 0.3) is 5.65 Å². The molecule has 0 atom stereocenters. The van der Waals surface area contributed by atoms with Gasteiger partial charge in [-0.2, -0.15) is 9.61 Å². The number of aryl methyl sites for hydroxylation is 2. The Morgan fingerprint density at radius 2 is 1.90 bits per heavy atom. The lowest BCUT2D eigenvalue weighted by molar-refractivity contribution is 0.193. The first-order valence-corrected chi connectivity index (χ1v) is 10.3. The highest BCUT2D eigenvalue weighted by Gasteiger charge is 2.26. The number of carbonyl (C=O) groups is 1. The van der Waals surface area contributed by atoms with E-state index >= 15 is 0 Å². The van der Waals surface area contributed by atoms with Crippen molar-refractivity contribution >= 4 is 17.4 Å². The predicted molar refractivity (Wildman–Crippen MR) is 113 cm³/mol. The molecule has 7 heteroatoms. The summed E-state index contributed by atoms with van der Waals surface area (Å²) >= 11 is 0. The number of urea groups is 1. The van der Waals surface area contributed by atoms with Crippen LogP contribution >= 0.6 is 0 Å². The molecule has 3 heterocycles. The van der Waals surface area contributed by atoms with Gasteiger partial charge >= 0.3 is 6.03 Å². The van der Waals surface area contributed by atoms with Gasteiger partial charge in [0.1, 0.15) is 5.65 Å². The number of benzene rings is 1. The van der Waals surface area contributed by atoms with E-state index in [1.54, 1.807) is 12.3 Å². The molecule has 29 heavy (non-hydrogen) atoms. The number of carbonyl (C=O) groups excluding carboxylic acids is 1. The molecule has 0 unspecified atom stereocenters. The average Bonchev–Trinajstić information content (AvgIpc) is 3.22. The first-order chi connectivity index (χ1) is 14.1. The molecular formula is C22H27N5O2. The number of amides is 2. The number of hydrogen-bond donors (Lipinski definition) is 1. The summed E-state index contributed by atoms with van der Waals surface area (Å²) in [7, 11) is 0. The van der Waals surface area contributed by atoms with Crippen LogP contribution in [-0.4, -0.2) is 38.2 Å². The molecule has 1 aliphatic heterocycles. The van der Waals surface area contributed by atoms with E-state index in [-0.39, 0.29) is 17.5 Å². The molecule has 7 nitrogen and oxygen atoms in total. The Morgan fingerprint density at radius 3 is 2.59 bits per heavy atom. The van der Waals surface area contributed by atoms with Crippen molar-refractivity contribution in [2.24, 2.45) is 0 Å². The zero-order chi connectivity index (χ0) is 20.4. The van der Waals surface area contributed by atoms with Crippen LogP contribution in [0.5, 0.6) is 0 Å². The maximum absolute atomic E-state index is 12.6. The molecule has 3 aromatic rings. The second-order valence-electron chi connectivity index (χ2n) is 7.72. The highest BCUT2D eigenvalue weighted by atomic mass is 16.2. The van der Waals surface area contributed by atoms with Gasteiger partial charge in [0.15, 0.2) is 0 Å². The third-order valence-corrected chi connectivity index (χ3v) is 5.64. The summed E-state index contributed by atoms with van der Waals surface area (Å²) < 4.78 is 3.67. The van der Waals surface area contributed by atoms with E-state index in [1.165, 1.54) is 4.52 Å². The minimum Gasteiger partial charge on any atom is -0.329 e. The van der Waals surface area contributed by atoms with E-state index in [9.17, 15) is 9.59 Å². The van der Waals surface area contributed by atoms with Crippen molar-refractivity contribution in [2.45, 2.75) is 45.6 Å². The topological polar surface area (TPSA) is 71.6 Å². The van der Waals surface area contributed by atoms with Gasteiger partial charge in [0.25, 0.3) is 5.56 Å². The van der Waals surface area contributed by atoms with E-state index in [1.807, 2.05) is 42.2 Å². The summed E-state index contributed by atoms with van der Waals surface area (Å²) in [5.41, 5.74) is 3.78. The Morgan fingerprint density at radius 1 is 1.17 bits per heavy atom. The number of rotatable bonds is 4. The Balaban J connectivity index is 1.48. The van der Waals surface area contributed by atoms with Gasteiger partial charge in [0.2, 0.25) is 0 Å². The zero-order valence-corrected chi connectivity index (χ0v) is 17.0. The Kier molecular flexibility index (Phi) is 5.38. The van der Waals surface area contributed by atoms with Crippen LogP contribution < -0.4 is 10.9 Å². The van der Waals surface area contributed by atoms with Gasteiger partial charge in [-0.25, -0.2) is 4.79 Å². The molecule has 0 radical (unpaired) electrons. The van der Waals surface area contributed by atoms with Crippen LogP contribution in [0.4, 0.5) is 10.5 Å². The number of anilines is 1. The Labute approximate surface area is 170 Å². The minimum atomic E-state index is -0.0908. The van der Waals surface area contributed by atoms with Crippen molar-refractivity contribution in [3.63, 3.8) is 0 Å². The number of piperidine rings is 1. The van der Waals surface area contributed by atoms with Crippen molar-refractivity contribution in [3.05, 3.63) is 64.2 Å². The molecule has 2 aromatic heterocycles. The van der Waals surface area contributed by atoms with Crippen LogP contribution in [0.2, 0.25) is 0 Å². The summed E-state index contributed by atoms with van der Waals surface area (Å²) in [5, 5.41) is 7.13. The first-order valence-electron chi connectivity index (χ1n) is 10.3. The van der Waals surface area contributed by atoms with Crippen molar-refractivity contribution in [1.82, 2.24) is 19.1 Å². The van der Waals surface area contributed by atoms with Crippen LogP contribution in [0, 0.1) is 6.92 Å². The lowest BCUT2D eigenvalue weighted by Crippen LogP contribution is -2.41. The second-order valence-corrected chi connectivity index (χ2v) is 7.72. The van der Waals surface area contributed by atoms with Gasteiger partial charge < -0.3 is 14.8 Å². The van der Waals surface area contributed by atoms with E-state index in [2.05, 4.69) is 21.9 Å². The lowest BCUT2D eigenvalue weighted by atomic mass is 9.93. The lowest BCUT2D eigenvalue weighted by Gasteiger charge is -2.33. The fourth-order valence-electron chi connectivity index (χ4n) is 4.09. The fraction of sp³-hybridized carbons (Fsp3) is 0.409. The van der Waals surface area contributed by atoms with Crippen LogP contribution in [0.15, 0.2) is 47.4 Å². The maximum atomic E-state index is 12.6. The highest BCUT2D eigenvalue weighted by molar-refractivity contribution is 5.89. The SMILES string of the molecule is CCCn1c(C2CCN(C(=O)Nc3ccc(C)cc3)CC2)cc(=O)n2nccc12. The smallest absolute Gasteiger partial charge is 0.321 e. The molecule has 0 aliphatic carbocycles. The Hall–Kier alpha value is -3.09. The van der Waals surface area contributed by atoms with Crippen LogP contribution in [-0.2, 0) is 6.54 Å². The summed E-state index contributed by atoms with van der Waals surface area (Å²) in [6.45, 7) is 6.35. The monoisotopic (exact) mass is 393 g/mol. The van der Waals surface area contributed by atoms with Gasteiger partial charge in [0, 0.05) is 49.1 Å². The molecule has 1 fully saturated rings. The maximum Gasteiger partial charge on any atom is 0.321 e. The molecule has 152 valence electrons. The molecule has 0 saturated carbocycles. The van der Waals surface area contributed by atoms with Gasteiger partial charge in [-0.05, 0) is 38.3 Å². The van der Waals surface area contributed by atoms with Crippen LogP contribution in [0.3, 0.4) is 0 Å². The molecule has 1 N–H and O–H groups in total. The average molecular weight is 393 g/mol. The highest BCUT2D eigenvalue weighted by Crippen LogP contribution is 2.29. The molecule has 0 bridgehead atoms. The molecule has 1 aromatic carbocycles. The third kappa shape index (κ3) is 3.90. The molecular weight excluding hydrogens is 366 g/mol. The summed E-state index contributed by atoms with van der Waals surface area (Å²) in [6.07, 6.45) is 4.34. The number of fused-ring (bicyclic) bond motifs is 1. The van der Waals surface area contributed by atoms with Crippen molar-refractivity contribution in [2.75, 3.05) is 18.4 Å². The summed E-state index contributed by atoms with van der Waals surface area (Å²) in [6, 6.07) is 11.4. The number of likely N-dealkylation sites (tertiary alicyclic amines) is 1. The quantitative estimate of drug-likeness (QED) is 0.736. The largest absolute Gasteiger partial charge is 0.329 e. The summed E-state index contributed by atoms with van der Waals surface area (Å²) in [4.78, 5) is 26.9. The molecule has 1 saturated heterocycles. The summed E-state index contributed by atoms with van der Waals surface area (Å²) in [5.74, 6) is 0.262. The van der Waals surface area contributed by atoms with Gasteiger partial charge in [-0.15, -0.1) is 0 Å².